The molecule has 0 heterocycles. The Labute approximate surface area is 250 Å². The molecule has 2 aromatic rings. The first-order valence-corrected chi connectivity index (χ1v) is 15.0. The second kappa shape index (κ2) is 17.3. The van der Waals surface area contributed by atoms with Gasteiger partial charge in [-0.2, -0.15) is 0 Å². The molecule has 0 aliphatic heterocycles. The van der Waals surface area contributed by atoms with E-state index < -0.39 is 31.1 Å². The average Bonchev–Trinajstić information content (AvgIpc) is 3.03. The maximum atomic E-state index is 12.0. The van der Waals surface area contributed by atoms with Gasteiger partial charge in [0, 0.05) is 11.1 Å². The Kier molecular flexibility index (Phi) is 13.6. The molecule has 0 aromatic heterocycles. The zero-order chi connectivity index (χ0) is 30.3. The van der Waals surface area contributed by atoms with Gasteiger partial charge in [-0.1, -0.05) is 81.9 Å². The maximum Gasteiger partial charge on any atom is 0.335 e. The third-order valence-electron chi connectivity index (χ3n) is 7.97. The number of hydrogen-bond acceptors (Lipinski definition) is 6. The van der Waals surface area contributed by atoms with E-state index >= 15 is 0 Å². The fourth-order valence-electron chi connectivity index (χ4n) is 5.22. The highest BCUT2D eigenvalue weighted by molar-refractivity contribution is 5.88. The molecule has 6 heteroatoms. The van der Waals surface area contributed by atoms with Crippen LogP contribution in [0.4, 0.5) is 0 Å². The monoisotopic (exact) mass is 572 g/mol. The first-order valence-electron chi connectivity index (χ1n) is 15.0. The second-order valence-corrected chi connectivity index (χ2v) is 11.1. The van der Waals surface area contributed by atoms with Crippen molar-refractivity contribution in [2.24, 2.45) is 5.92 Å². The molecule has 1 aliphatic carbocycles. The number of aliphatic hydroxyl groups is 2. The Hall–Kier alpha value is -3.66. The van der Waals surface area contributed by atoms with Crippen LogP contribution in [0.1, 0.15) is 92.4 Å². The highest BCUT2D eigenvalue weighted by Crippen LogP contribution is 2.37. The smallest absolute Gasteiger partial charge is 0.335 e. The summed E-state index contributed by atoms with van der Waals surface area (Å²) < 4.78 is 10.5. The summed E-state index contributed by atoms with van der Waals surface area (Å²) in [6.07, 6.45) is 10.6. The van der Waals surface area contributed by atoms with Gasteiger partial charge in [-0.3, -0.25) is 0 Å². The van der Waals surface area contributed by atoms with Crippen molar-refractivity contribution in [1.82, 2.24) is 0 Å². The van der Waals surface area contributed by atoms with Gasteiger partial charge in [-0.25, -0.2) is 9.59 Å². The molecule has 42 heavy (non-hydrogen) atoms. The fourth-order valence-corrected chi connectivity index (χ4v) is 5.22. The van der Waals surface area contributed by atoms with Crippen LogP contribution in [0.2, 0.25) is 0 Å². The van der Waals surface area contributed by atoms with Crippen molar-refractivity contribution in [3.8, 4) is 11.8 Å². The molecular formula is C36H44O6. The summed E-state index contributed by atoms with van der Waals surface area (Å²) in [4.78, 5) is 24.0. The molecule has 0 unspecified atom stereocenters. The lowest BCUT2D eigenvalue weighted by atomic mass is 9.77. The highest BCUT2D eigenvalue weighted by atomic mass is 16.5. The summed E-state index contributed by atoms with van der Waals surface area (Å²) in [5, 5.41) is 18.2. The minimum absolute atomic E-state index is 0.0664. The van der Waals surface area contributed by atoms with Gasteiger partial charge in [0.15, 0.2) is 0 Å². The van der Waals surface area contributed by atoms with Crippen molar-refractivity contribution < 1.29 is 29.3 Å². The minimum Gasteiger partial charge on any atom is -0.461 e. The number of hydrogen-bond donors (Lipinski definition) is 2. The normalized spacial score (nSPS) is 16.3. The molecule has 1 saturated carbocycles. The lowest BCUT2D eigenvalue weighted by Gasteiger charge is -2.29. The van der Waals surface area contributed by atoms with E-state index in [-0.39, 0.29) is 24.4 Å². The third-order valence-corrected chi connectivity index (χ3v) is 7.97. The van der Waals surface area contributed by atoms with E-state index in [1.807, 2.05) is 24.3 Å². The largest absolute Gasteiger partial charge is 0.461 e. The van der Waals surface area contributed by atoms with Gasteiger partial charge in [-0.05, 0) is 72.9 Å². The Morgan fingerprint density at radius 2 is 1.31 bits per heavy atom. The van der Waals surface area contributed by atoms with Crippen molar-refractivity contribution in [2.75, 3.05) is 26.4 Å². The van der Waals surface area contributed by atoms with Gasteiger partial charge >= 0.3 is 11.9 Å². The first-order chi connectivity index (χ1) is 20.3. The summed E-state index contributed by atoms with van der Waals surface area (Å²) >= 11 is 0. The van der Waals surface area contributed by atoms with Crippen molar-refractivity contribution in [3.63, 3.8) is 0 Å². The van der Waals surface area contributed by atoms with Crippen molar-refractivity contribution in [1.29, 1.82) is 0 Å². The van der Waals surface area contributed by atoms with E-state index in [1.54, 1.807) is 0 Å². The number of carbonyl (C=O) groups excluding carboxylic acids is 2. The summed E-state index contributed by atoms with van der Waals surface area (Å²) in [5.74, 6) is 6.07. The number of esters is 2. The fraction of sp³-hybridized carbons (Fsp3) is 0.444. The molecule has 3 rings (SSSR count). The molecule has 0 radical (unpaired) electrons. The summed E-state index contributed by atoms with van der Waals surface area (Å²) in [6, 6.07) is 16.1. The molecule has 0 atom stereocenters. The van der Waals surface area contributed by atoms with Gasteiger partial charge in [-0.15, -0.1) is 0 Å². The van der Waals surface area contributed by atoms with Crippen LogP contribution in [0.15, 0.2) is 72.8 Å². The van der Waals surface area contributed by atoms with Gasteiger partial charge in [0.25, 0.3) is 0 Å². The van der Waals surface area contributed by atoms with E-state index in [9.17, 15) is 9.59 Å². The van der Waals surface area contributed by atoms with Gasteiger partial charge < -0.3 is 19.7 Å². The van der Waals surface area contributed by atoms with Crippen LogP contribution in [-0.4, -0.2) is 48.6 Å². The Bertz CT molecular complexity index is 1210. The van der Waals surface area contributed by atoms with Gasteiger partial charge in [0.05, 0.1) is 30.3 Å². The molecule has 6 nitrogen and oxygen atoms in total. The second-order valence-electron chi connectivity index (χ2n) is 11.1. The summed E-state index contributed by atoms with van der Waals surface area (Å²) in [7, 11) is 0. The van der Waals surface area contributed by atoms with E-state index in [1.165, 1.54) is 56.9 Å². The lowest BCUT2D eigenvalue weighted by molar-refractivity contribution is -0.142. The summed E-state index contributed by atoms with van der Waals surface area (Å²) in [5.41, 5.74) is 3.83. The summed E-state index contributed by atoms with van der Waals surface area (Å²) in [6.45, 7) is 8.01. The van der Waals surface area contributed by atoms with Crippen LogP contribution in [0.25, 0.3) is 0 Å². The Morgan fingerprint density at radius 3 is 1.79 bits per heavy atom. The van der Waals surface area contributed by atoms with Crippen molar-refractivity contribution in [2.45, 2.75) is 70.1 Å². The Morgan fingerprint density at radius 1 is 0.810 bits per heavy atom. The molecule has 1 aliphatic rings. The first kappa shape index (κ1) is 32.8. The maximum absolute atomic E-state index is 12.0. The predicted molar refractivity (Wildman–Crippen MR) is 165 cm³/mol. The molecule has 0 bridgehead atoms. The number of rotatable bonds is 14. The number of ether oxygens (including phenoxy) is 2. The zero-order valence-electron chi connectivity index (χ0n) is 24.8. The van der Waals surface area contributed by atoms with Gasteiger partial charge in [0.1, 0.15) is 13.2 Å². The minimum atomic E-state index is -0.725. The third kappa shape index (κ3) is 10.3. The van der Waals surface area contributed by atoms with Crippen molar-refractivity contribution in [3.05, 3.63) is 95.1 Å². The molecule has 2 N–H and O–H groups in total. The van der Waals surface area contributed by atoms with E-state index in [2.05, 4.69) is 56.2 Å². The van der Waals surface area contributed by atoms with E-state index in [0.717, 1.165) is 22.6 Å². The Balaban J connectivity index is 1.60. The van der Waals surface area contributed by atoms with Crippen molar-refractivity contribution >= 4 is 11.9 Å². The van der Waals surface area contributed by atoms with E-state index in [0.29, 0.717) is 5.92 Å². The van der Waals surface area contributed by atoms with Crippen LogP contribution in [-0.2, 0) is 19.1 Å². The molecule has 224 valence electrons. The lowest BCUT2D eigenvalue weighted by Crippen LogP contribution is -2.21. The topological polar surface area (TPSA) is 93.1 Å². The van der Waals surface area contributed by atoms with Gasteiger partial charge in [0.2, 0.25) is 0 Å². The predicted octanol–water partition coefficient (Wildman–Crippen LogP) is 6.21. The average molecular weight is 573 g/mol. The van der Waals surface area contributed by atoms with Crippen LogP contribution in [0.3, 0.4) is 0 Å². The number of carbonyl (C=O) groups is 2. The highest BCUT2D eigenvalue weighted by Gasteiger charge is 2.22. The van der Waals surface area contributed by atoms with Crippen LogP contribution in [0, 0.1) is 17.8 Å². The molecule has 2 aromatic carbocycles. The van der Waals surface area contributed by atoms with E-state index in [4.69, 9.17) is 19.7 Å². The number of aliphatic hydroxyl groups excluding tert-OH is 2. The molecule has 0 spiro atoms. The number of unbranched alkanes of at least 4 members (excludes halogenated alkanes) is 2. The quantitative estimate of drug-likeness (QED) is 0.121. The standard InChI is InChI=1S/C36H44O6/c1-4-5-6-7-28-10-16-31(17-11-28)32-18-12-29(13-19-32)8-9-30-14-20-33(21-15-30)34(24-41-35(39)26(2)22-37)25-42-36(40)27(3)23-38/h12-15,18-21,28,31,34,37-38H,2-7,10-11,16-17,22-25H2,1H3. The molecule has 0 saturated heterocycles. The molecular weight excluding hydrogens is 528 g/mol. The van der Waals surface area contributed by atoms with Crippen LogP contribution < -0.4 is 0 Å². The van der Waals surface area contributed by atoms with Crippen LogP contribution in [0.5, 0.6) is 0 Å². The SMILES string of the molecule is C=C(CO)C(=O)OCC(COC(=O)C(=C)CO)c1ccc(C#Cc2ccc(C3CCC(CCCCC)CC3)cc2)cc1. The molecule has 0 amide bonds. The number of benzene rings is 2. The molecule has 1 fully saturated rings. The van der Waals surface area contributed by atoms with Crippen LogP contribution >= 0.6 is 0 Å². The zero-order valence-corrected chi connectivity index (χ0v) is 24.8.